The van der Waals surface area contributed by atoms with Gasteiger partial charge in [0.15, 0.2) is 0 Å². The summed E-state index contributed by atoms with van der Waals surface area (Å²) in [6.07, 6.45) is 0.405. The summed E-state index contributed by atoms with van der Waals surface area (Å²) >= 11 is 1.57. The van der Waals surface area contributed by atoms with Crippen molar-refractivity contribution in [1.82, 2.24) is 14.8 Å². The molecule has 0 aliphatic rings. The van der Waals surface area contributed by atoms with Crippen LogP contribution in [0.1, 0.15) is 16.3 Å². The number of amides is 1. The average molecular weight is 410 g/mol. The normalized spacial score (nSPS) is 10.9. The van der Waals surface area contributed by atoms with E-state index in [0.29, 0.717) is 26.1 Å². The lowest BCUT2D eigenvalue weighted by Gasteiger charge is -2.24. The van der Waals surface area contributed by atoms with Crippen molar-refractivity contribution >= 4 is 17.2 Å². The molecular weight excluding hydrogens is 382 g/mol. The first-order valence-corrected chi connectivity index (χ1v) is 10.6. The molecule has 1 heterocycles. The molecule has 0 bridgehead atoms. The van der Waals surface area contributed by atoms with Crippen LogP contribution in [0.2, 0.25) is 0 Å². The topological polar surface area (TPSA) is 45.7 Å². The van der Waals surface area contributed by atoms with Crippen molar-refractivity contribution < 1.29 is 9.53 Å². The Morgan fingerprint density at radius 1 is 1.00 bits per heavy atom. The van der Waals surface area contributed by atoms with Gasteiger partial charge < -0.3 is 14.5 Å². The fourth-order valence-corrected chi connectivity index (χ4v) is 3.54. The maximum Gasteiger partial charge on any atom is 0.227 e. The van der Waals surface area contributed by atoms with Crippen molar-refractivity contribution in [2.45, 2.75) is 19.6 Å². The lowest BCUT2D eigenvalue weighted by atomic mass is 10.1. The molecule has 0 saturated carbocycles. The number of hydrogen-bond donors (Lipinski definition) is 0. The molecule has 3 aromatic rings. The number of carbonyl (C=O) groups excluding carboxylic acids is 1. The van der Waals surface area contributed by atoms with Crippen molar-refractivity contribution in [3.05, 3.63) is 82.3 Å². The van der Waals surface area contributed by atoms with Crippen molar-refractivity contribution in [2.75, 3.05) is 27.2 Å². The van der Waals surface area contributed by atoms with E-state index in [1.165, 1.54) is 0 Å². The molecule has 0 aliphatic heterocycles. The van der Waals surface area contributed by atoms with Crippen LogP contribution < -0.4 is 4.74 Å². The van der Waals surface area contributed by atoms with Gasteiger partial charge in [-0.25, -0.2) is 4.98 Å². The molecule has 5 nitrogen and oxygen atoms in total. The van der Waals surface area contributed by atoms with Crippen LogP contribution in [0.5, 0.6) is 5.75 Å². The second-order valence-electron chi connectivity index (χ2n) is 7.12. The second-order valence-corrected chi connectivity index (χ2v) is 8.06. The van der Waals surface area contributed by atoms with Crippen molar-refractivity contribution in [1.29, 1.82) is 0 Å². The van der Waals surface area contributed by atoms with Gasteiger partial charge in [0.1, 0.15) is 17.4 Å². The number of likely N-dealkylation sites (N-methyl/N-ethyl adjacent to an activating group) is 1. The highest BCUT2D eigenvalue weighted by molar-refractivity contribution is 7.09. The first-order valence-electron chi connectivity index (χ1n) is 9.67. The Bertz CT molecular complexity index is 881. The van der Waals surface area contributed by atoms with Crippen LogP contribution in [0.25, 0.3) is 0 Å². The average Bonchev–Trinajstić information content (AvgIpc) is 3.18. The summed E-state index contributed by atoms with van der Waals surface area (Å²) in [5.74, 6) is 0.947. The smallest absolute Gasteiger partial charge is 0.227 e. The Morgan fingerprint density at radius 2 is 1.69 bits per heavy atom. The number of para-hydroxylation sites is 1. The number of benzene rings is 2. The molecule has 0 radical (unpaired) electrons. The third-order valence-corrected chi connectivity index (χ3v) is 5.30. The molecule has 1 aromatic heterocycles. The van der Waals surface area contributed by atoms with Gasteiger partial charge in [-0.05, 0) is 31.8 Å². The van der Waals surface area contributed by atoms with E-state index in [4.69, 9.17) is 4.74 Å². The van der Waals surface area contributed by atoms with Gasteiger partial charge in [0, 0.05) is 18.5 Å². The van der Waals surface area contributed by atoms with Crippen molar-refractivity contribution in [3.8, 4) is 5.75 Å². The highest BCUT2D eigenvalue weighted by Crippen LogP contribution is 2.16. The number of thiazole rings is 1. The van der Waals surface area contributed by atoms with Gasteiger partial charge in [0.25, 0.3) is 0 Å². The predicted octanol–water partition coefficient (Wildman–Crippen LogP) is 3.86. The van der Waals surface area contributed by atoms with E-state index in [1.54, 1.807) is 11.3 Å². The Kier molecular flexibility index (Phi) is 7.78. The number of aromatic nitrogens is 1. The summed E-state index contributed by atoms with van der Waals surface area (Å²) in [6, 6.07) is 19.6. The third kappa shape index (κ3) is 7.00. The zero-order chi connectivity index (χ0) is 20.5. The van der Waals surface area contributed by atoms with E-state index in [9.17, 15) is 4.79 Å². The summed E-state index contributed by atoms with van der Waals surface area (Å²) in [7, 11) is 4.03. The standard InChI is InChI=1S/C23H27N3O2S/c1-25(2)13-14-26(23(27)15-19-9-5-3-6-10-19)16-20-18-29-22(24-20)17-28-21-11-7-4-8-12-21/h3-12,18H,13-17H2,1-2H3. The molecule has 0 spiro atoms. The SMILES string of the molecule is CN(C)CCN(Cc1csc(COc2ccccc2)n1)C(=O)Cc1ccccc1. The van der Waals surface area contributed by atoms with E-state index in [1.807, 2.05) is 85.0 Å². The van der Waals surface area contributed by atoms with E-state index in [-0.39, 0.29) is 5.91 Å². The van der Waals surface area contributed by atoms with Gasteiger partial charge in [-0.3, -0.25) is 4.79 Å². The number of carbonyl (C=O) groups is 1. The Balaban J connectivity index is 1.61. The van der Waals surface area contributed by atoms with E-state index >= 15 is 0 Å². The molecule has 0 aliphatic carbocycles. The maximum atomic E-state index is 12.9. The van der Waals surface area contributed by atoms with Crippen LogP contribution in [-0.4, -0.2) is 47.9 Å². The number of ether oxygens (including phenoxy) is 1. The Labute approximate surface area is 176 Å². The lowest BCUT2D eigenvalue weighted by Crippen LogP contribution is -2.37. The molecule has 0 atom stereocenters. The summed E-state index contributed by atoms with van der Waals surface area (Å²) in [6.45, 7) is 2.44. The monoisotopic (exact) mass is 409 g/mol. The molecule has 0 saturated heterocycles. The first kappa shape index (κ1) is 21.0. The quantitative estimate of drug-likeness (QED) is 0.510. The van der Waals surface area contributed by atoms with Gasteiger partial charge in [-0.2, -0.15) is 0 Å². The van der Waals surface area contributed by atoms with Gasteiger partial charge in [-0.15, -0.1) is 11.3 Å². The molecule has 152 valence electrons. The van der Waals surface area contributed by atoms with E-state index in [2.05, 4.69) is 9.88 Å². The molecule has 0 unspecified atom stereocenters. The van der Waals surface area contributed by atoms with Crippen LogP contribution >= 0.6 is 11.3 Å². The molecule has 0 fully saturated rings. The van der Waals surface area contributed by atoms with Crippen LogP contribution in [0.4, 0.5) is 0 Å². The fraction of sp³-hybridized carbons (Fsp3) is 0.304. The largest absolute Gasteiger partial charge is 0.486 e. The molecular formula is C23H27N3O2S. The molecule has 29 heavy (non-hydrogen) atoms. The molecule has 0 N–H and O–H groups in total. The molecule has 6 heteroatoms. The van der Waals surface area contributed by atoms with Gasteiger partial charge >= 0.3 is 0 Å². The Morgan fingerprint density at radius 3 is 2.38 bits per heavy atom. The number of nitrogens with zero attached hydrogens (tertiary/aromatic N) is 3. The lowest BCUT2D eigenvalue weighted by molar-refractivity contribution is -0.131. The third-order valence-electron chi connectivity index (χ3n) is 4.43. The highest BCUT2D eigenvalue weighted by atomic mass is 32.1. The minimum Gasteiger partial charge on any atom is -0.486 e. The summed E-state index contributed by atoms with van der Waals surface area (Å²) in [5.41, 5.74) is 1.93. The number of hydrogen-bond acceptors (Lipinski definition) is 5. The minimum absolute atomic E-state index is 0.119. The van der Waals surface area contributed by atoms with Crippen molar-refractivity contribution in [3.63, 3.8) is 0 Å². The van der Waals surface area contributed by atoms with Crippen molar-refractivity contribution in [2.24, 2.45) is 0 Å². The second kappa shape index (κ2) is 10.7. The summed E-state index contributed by atoms with van der Waals surface area (Å²) in [5, 5.41) is 2.93. The van der Waals surface area contributed by atoms with Gasteiger partial charge in [0.05, 0.1) is 18.7 Å². The van der Waals surface area contributed by atoms with E-state index < -0.39 is 0 Å². The summed E-state index contributed by atoms with van der Waals surface area (Å²) in [4.78, 5) is 21.6. The zero-order valence-corrected chi connectivity index (χ0v) is 17.8. The van der Waals surface area contributed by atoms with Crippen LogP contribution in [0.15, 0.2) is 66.0 Å². The van der Waals surface area contributed by atoms with E-state index in [0.717, 1.165) is 28.6 Å². The van der Waals surface area contributed by atoms with Crippen LogP contribution in [0.3, 0.4) is 0 Å². The van der Waals surface area contributed by atoms with Crippen LogP contribution in [0, 0.1) is 0 Å². The predicted molar refractivity (Wildman–Crippen MR) is 117 cm³/mol. The van der Waals surface area contributed by atoms with Gasteiger partial charge in [-0.1, -0.05) is 48.5 Å². The zero-order valence-electron chi connectivity index (χ0n) is 17.0. The first-order chi connectivity index (χ1) is 14.1. The highest BCUT2D eigenvalue weighted by Gasteiger charge is 2.16. The minimum atomic E-state index is 0.119. The molecule has 1 amide bonds. The van der Waals surface area contributed by atoms with Crippen LogP contribution in [-0.2, 0) is 24.4 Å². The molecule has 3 rings (SSSR count). The maximum absolute atomic E-state index is 12.9. The van der Waals surface area contributed by atoms with Gasteiger partial charge in [0.2, 0.25) is 5.91 Å². The molecule has 2 aromatic carbocycles. The number of rotatable bonds is 10. The fourth-order valence-electron chi connectivity index (χ4n) is 2.84. The Hall–Kier alpha value is -2.70. The summed E-state index contributed by atoms with van der Waals surface area (Å²) < 4.78 is 5.78.